The van der Waals surface area contributed by atoms with Gasteiger partial charge in [-0.15, -0.1) is 0 Å². The van der Waals surface area contributed by atoms with E-state index in [1.807, 2.05) is 26.0 Å². The molecule has 0 aliphatic rings. The molecule has 1 aromatic carbocycles. The highest BCUT2D eigenvalue weighted by Gasteiger charge is 2.19. The first-order valence-corrected chi connectivity index (χ1v) is 7.78. The van der Waals surface area contributed by atoms with Gasteiger partial charge in [0.05, 0.1) is 24.2 Å². The standard InChI is InChI=1S/C17H22N2O5/c1-10-8-13-14(9-11(10)2)19(6-4-12(21)5-7-20)16(22)15(18-13)17(23)24-3/h8-9,12,20-21H,4-7H2,1-3H3/t12-/m0/s1. The third-order valence-electron chi connectivity index (χ3n) is 4.09. The van der Waals surface area contributed by atoms with Gasteiger partial charge < -0.3 is 19.5 Å². The van der Waals surface area contributed by atoms with E-state index in [2.05, 4.69) is 9.72 Å². The van der Waals surface area contributed by atoms with Crippen molar-refractivity contribution in [2.45, 2.75) is 39.3 Å². The van der Waals surface area contributed by atoms with Crippen LogP contribution in [0.4, 0.5) is 0 Å². The average Bonchev–Trinajstić information content (AvgIpc) is 2.55. The average molecular weight is 334 g/mol. The minimum atomic E-state index is -0.787. The van der Waals surface area contributed by atoms with Crippen LogP contribution in [0.3, 0.4) is 0 Å². The summed E-state index contributed by atoms with van der Waals surface area (Å²) in [6, 6.07) is 3.66. The molecule has 0 saturated heterocycles. The van der Waals surface area contributed by atoms with Crippen LogP contribution in [0.1, 0.15) is 34.5 Å². The predicted octanol–water partition coefficient (Wildman–Crippen LogP) is 0.933. The van der Waals surface area contributed by atoms with E-state index < -0.39 is 17.6 Å². The van der Waals surface area contributed by atoms with Crippen molar-refractivity contribution in [1.29, 1.82) is 0 Å². The number of ether oxygens (including phenoxy) is 1. The SMILES string of the molecule is COC(=O)c1nc2cc(C)c(C)cc2n(CC[C@H](O)CCO)c1=O. The molecule has 2 rings (SSSR count). The number of aliphatic hydroxyl groups excluding tert-OH is 2. The van der Waals surface area contributed by atoms with Crippen molar-refractivity contribution in [2.24, 2.45) is 0 Å². The highest BCUT2D eigenvalue weighted by Crippen LogP contribution is 2.18. The molecule has 7 heteroatoms. The van der Waals surface area contributed by atoms with E-state index in [0.29, 0.717) is 11.0 Å². The Bertz CT molecular complexity index is 813. The Labute approximate surface area is 139 Å². The van der Waals surface area contributed by atoms with Crippen LogP contribution in [0.15, 0.2) is 16.9 Å². The van der Waals surface area contributed by atoms with Crippen molar-refractivity contribution >= 4 is 17.0 Å². The second-order valence-electron chi connectivity index (χ2n) is 5.79. The monoisotopic (exact) mass is 334 g/mol. The number of methoxy groups -OCH3 is 1. The van der Waals surface area contributed by atoms with E-state index in [1.54, 1.807) is 0 Å². The first kappa shape index (κ1) is 18.1. The summed E-state index contributed by atoms with van der Waals surface area (Å²) >= 11 is 0. The number of aryl methyl sites for hydroxylation is 3. The van der Waals surface area contributed by atoms with Gasteiger partial charge in [-0.25, -0.2) is 9.78 Å². The molecule has 0 radical (unpaired) electrons. The normalized spacial score (nSPS) is 12.4. The molecule has 130 valence electrons. The Morgan fingerprint density at radius 2 is 1.96 bits per heavy atom. The lowest BCUT2D eigenvalue weighted by Gasteiger charge is -2.15. The summed E-state index contributed by atoms with van der Waals surface area (Å²) in [5, 5.41) is 18.7. The zero-order valence-electron chi connectivity index (χ0n) is 14.1. The van der Waals surface area contributed by atoms with Gasteiger partial charge >= 0.3 is 5.97 Å². The first-order valence-electron chi connectivity index (χ1n) is 7.78. The van der Waals surface area contributed by atoms with Crippen molar-refractivity contribution in [3.63, 3.8) is 0 Å². The lowest BCUT2D eigenvalue weighted by Crippen LogP contribution is -2.30. The van der Waals surface area contributed by atoms with Crippen LogP contribution in [0.25, 0.3) is 11.0 Å². The molecule has 0 spiro atoms. The van der Waals surface area contributed by atoms with E-state index in [1.165, 1.54) is 11.7 Å². The lowest BCUT2D eigenvalue weighted by atomic mass is 10.1. The maximum absolute atomic E-state index is 12.6. The first-order chi connectivity index (χ1) is 11.4. The molecule has 1 heterocycles. The summed E-state index contributed by atoms with van der Waals surface area (Å²) in [5.41, 5.74) is 2.30. The molecule has 24 heavy (non-hydrogen) atoms. The smallest absolute Gasteiger partial charge is 0.362 e. The molecule has 0 aliphatic heterocycles. The zero-order chi connectivity index (χ0) is 17.9. The van der Waals surface area contributed by atoms with Gasteiger partial charge in [0, 0.05) is 13.2 Å². The van der Waals surface area contributed by atoms with Gasteiger partial charge in [0.2, 0.25) is 5.69 Å². The van der Waals surface area contributed by atoms with Gasteiger partial charge in [-0.2, -0.15) is 0 Å². The summed E-state index contributed by atoms with van der Waals surface area (Å²) in [7, 11) is 1.20. The highest BCUT2D eigenvalue weighted by molar-refractivity contribution is 5.89. The second-order valence-corrected chi connectivity index (χ2v) is 5.79. The van der Waals surface area contributed by atoms with Gasteiger partial charge in [-0.3, -0.25) is 4.79 Å². The number of esters is 1. The van der Waals surface area contributed by atoms with E-state index in [0.717, 1.165) is 11.1 Å². The quantitative estimate of drug-likeness (QED) is 0.762. The summed E-state index contributed by atoms with van der Waals surface area (Å²) in [4.78, 5) is 28.6. The minimum Gasteiger partial charge on any atom is -0.464 e. The number of benzene rings is 1. The van der Waals surface area contributed by atoms with Crippen molar-refractivity contribution in [3.8, 4) is 0 Å². The van der Waals surface area contributed by atoms with Gasteiger partial charge in [0.25, 0.3) is 5.56 Å². The van der Waals surface area contributed by atoms with Crippen LogP contribution in [0, 0.1) is 13.8 Å². The number of nitrogens with zero attached hydrogens (tertiary/aromatic N) is 2. The van der Waals surface area contributed by atoms with Crippen LogP contribution in [0.5, 0.6) is 0 Å². The van der Waals surface area contributed by atoms with Gasteiger partial charge in [0.15, 0.2) is 0 Å². The molecule has 2 aromatic rings. The van der Waals surface area contributed by atoms with Crippen molar-refractivity contribution < 1.29 is 19.7 Å². The third-order valence-corrected chi connectivity index (χ3v) is 4.09. The third kappa shape index (κ3) is 3.63. The molecule has 0 unspecified atom stereocenters. The molecule has 0 fully saturated rings. The van der Waals surface area contributed by atoms with Crippen LogP contribution in [0.2, 0.25) is 0 Å². The number of hydrogen-bond acceptors (Lipinski definition) is 6. The lowest BCUT2D eigenvalue weighted by molar-refractivity contribution is 0.0591. The summed E-state index contributed by atoms with van der Waals surface area (Å²) in [6.07, 6.45) is -0.203. The maximum atomic E-state index is 12.6. The maximum Gasteiger partial charge on any atom is 0.362 e. The van der Waals surface area contributed by atoms with E-state index in [-0.39, 0.29) is 31.7 Å². The van der Waals surface area contributed by atoms with Crippen LogP contribution < -0.4 is 5.56 Å². The van der Waals surface area contributed by atoms with Crippen LogP contribution in [-0.4, -0.2) is 45.6 Å². The Kier molecular flexibility index (Phi) is 5.69. The fourth-order valence-electron chi connectivity index (χ4n) is 2.52. The van der Waals surface area contributed by atoms with E-state index in [9.17, 15) is 14.7 Å². The second kappa shape index (κ2) is 7.55. The molecule has 1 aromatic heterocycles. The summed E-state index contributed by atoms with van der Waals surface area (Å²) < 4.78 is 6.07. The zero-order valence-corrected chi connectivity index (χ0v) is 14.1. The number of hydrogen-bond donors (Lipinski definition) is 2. The Morgan fingerprint density at radius 1 is 1.29 bits per heavy atom. The molecule has 1 atom stereocenters. The van der Waals surface area contributed by atoms with E-state index >= 15 is 0 Å². The number of carbonyl (C=O) groups excluding carboxylic acids is 1. The van der Waals surface area contributed by atoms with Crippen molar-refractivity contribution in [3.05, 3.63) is 39.3 Å². The highest BCUT2D eigenvalue weighted by atomic mass is 16.5. The largest absolute Gasteiger partial charge is 0.464 e. The van der Waals surface area contributed by atoms with Crippen molar-refractivity contribution in [1.82, 2.24) is 9.55 Å². The molecule has 7 nitrogen and oxygen atoms in total. The topological polar surface area (TPSA) is 102 Å². The van der Waals surface area contributed by atoms with E-state index in [4.69, 9.17) is 5.11 Å². The molecule has 0 amide bonds. The van der Waals surface area contributed by atoms with Gasteiger partial charge in [0.1, 0.15) is 0 Å². The van der Waals surface area contributed by atoms with Gasteiger partial charge in [-0.05, 0) is 49.9 Å². The number of rotatable bonds is 6. The number of fused-ring (bicyclic) bond motifs is 1. The fraction of sp³-hybridized carbons (Fsp3) is 0.471. The Balaban J connectivity index is 2.59. The van der Waals surface area contributed by atoms with Crippen molar-refractivity contribution in [2.75, 3.05) is 13.7 Å². The van der Waals surface area contributed by atoms with Crippen LogP contribution in [-0.2, 0) is 11.3 Å². The molecule has 0 saturated carbocycles. The molecular weight excluding hydrogens is 312 g/mol. The number of aliphatic hydroxyl groups is 2. The molecule has 0 aliphatic carbocycles. The number of carbonyl (C=O) groups is 1. The van der Waals surface area contributed by atoms with Gasteiger partial charge in [-0.1, -0.05) is 0 Å². The molecular formula is C17H22N2O5. The predicted molar refractivity (Wildman–Crippen MR) is 89.1 cm³/mol. The number of aromatic nitrogens is 2. The van der Waals surface area contributed by atoms with Crippen LogP contribution >= 0.6 is 0 Å². The summed E-state index contributed by atoms with van der Waals surface area (Å²) in [5.74, 6) is -0.787. The minimum absolute atomic E-state index is 0.126. The molecule has 2 N–H and O–H groups in total. The Morgan fingerprint density at radius 3 is 2.58 bits per heavy atom. The molecule has 0 bridgehead atoms. The summed E-state index contributed by atoms with van der Waals surface area (Å²) in [6.45, 7) is 3.94. The fourth-order valence-corrected chi connectivity index (χ4v) is 2.52. The Hall–Kier alpha value is -2.25.